The summed E-state index contributed by atoms with van der Waals surface area (Å²) in [7, 11) is 0. The first-order valence-electron chi connectivity index (χ1n) is 8.41. The Morgan fingerprint density at radius 2 is 1.60 bits per heavy atom. The molecule has 0 spiro atoms. The van der Waals surface area contributed by atoms with Gasteiger partial charge in [-0.1, -0.05) is 30.3 Å². The molecular weight excluding hydrogens is 324 g/mol. The quantitative estimate of drug-likeness (QED) is 0.420. The fourth-order valence-electron chi connectivity index (χ4n) is 2.90. The van der Waals surface area contributed by atoms with Crippen LogP contribution in [0.5, 0.6) is 0 Å². The second-order valence-electron chi connectivity index (χ2n) is 6.29. The van der Waals surface area contributed by atoms with Crippen molar-refractivity contribution in [2.45, 2.75) is 25.9 Å². The van der Waals surface area contributed by atoms with Crippen LogP contribution in [0.4, 0.5) is 0 Å². The van der Waals surface area contributed by atoms with Crippen LogP contribution in [-0.2, 0) is 20.9 Å². The number of ether oxygens (including phenoxy) is 1. The Hall–Kier alpha value is -1.96. The summed E-state index contributed by atoms with van der Waals surface area (Å²) in [5, 5.41) is 18.1. The highest BCUT2D eigenvalue weighted by molar-refractivity contribution is 5.67. The maximum atomic E-state index is 11.1. The zero-order chi connectivity index (χ0) is 18.7. The summed E-state index contributed by atoms with van der Waals surface area (Å²) in [6, 6.07) is 9.64. The molecule has 0 aliphatic rings. The van der Waals surface area contributed by atoms with E-state index in [1.807, 2.05) is 30.3 Å². The second-order valence-corrected chi connectivity index (χ2v) is 6.29. The van der Waals surface area contributed by atoms with Crippen LogP contribution < -0.4 is 11.5 Å². The van der Waals surface area contributed by atoms with Crippen molar-refractivity contribution in [2.75, 3.05) is 19.7 Å². The van der Waals surface area contributed by atoms with Crippen molar-refractivity contribution in [3.8, 4) is 0 Å². The molecule has 7 heteroatoms. The van der Waals surface area contributed by atoms with Gasteiger partial charge in [-0.25, -0.2) is 0 Å². The Morgan fingerprint density at radius 3 is 2.12 bits per heavy atom. The Kier molecular flexibility index (Phi) is 9.76. The van der Waals surface area contributed by atoms with Gasteiger partial charge in [-0.05, 0) is 42.8 Å². The standard InChI is InChI=1S/C18H28N2O5/c19-9-14(7-17(21)22)6-16(15(10-20)8-18(23)24)12-25-11-13-4-2-1-3-5-13/h1-5,14-16H,6-12,19-20H2,(H,21,22)(H,23,24). The van der Waals surface area contributed by atoms with Crippen LogP contribution >= 0.6 is 0 Å². The molecule has 0 aromatic heterocycles. The highest BCUT2D eigenvalue weighted by Gasteiger charge is 2.27. The van der Waals surface area contributed by atoms with E-state index in [-0.39, 0.29) is 43.7 Å². The van der Waals surface area contributed by atoms with E-state index < -0.39 is 11.9 Å². The number of benzene rings is 1. The highest BCUT2D eigenvalue weighted by Crippen LogP contribution is 2.25. The molecule has 0 radical (unpaired) electrons. The van der Waals surface area contributed by atoms with Gasteiger partial charge in [0.15, 0.2) is 0 Å². The molecule has 25 heavy (non-hydrogen) atoms. The average molecular weight is 352 g/mol. The molecule has 0 saturated carbocycles. The summed E-state index contributed by atoms with van der Waals surface area (Å²) in [4.78, 5) is 22.0. The van der Waals surface area contributed by atoms with Crippen LogP contribution in [0.25, 0.3) is 0 Å². The van der Waals surface area contributed by atoms with Crippen LogP contribution in [0.15, 0.2) is 30.3 Å². The number of aliphatic carboxylic acids is 2. The molecule has 0 amide bonds. The van der Waals surface area contributed by atoms with Gasteiger partial charge in [-0.2, -0.15) is 0 Å². The number of hydrogen-bond donors (Lipinski definition) is 4. The van der Waals surface area contributed by atoms with Gasteiger partial charge in [-0.3, -0.25) is 9.59 Å². The first-order valence-corrected chi connectivity index (χ1v) is 8.41. The molecule has 3 atom stereocenters. The van der Waals surface area contributed by atoms with E-state index in [4.69, 9.17) is 26.4 Å². The van der Waals surface area contributed by atoms with Gasteiger partial charge in [0.2, 0.25) is 0 Å². The van der Waals surface area contributed by atoms with Crippen molar-refractivity contribution in [1.82, 2.24) is 0 Å². The minimum atomic E-state index is -0.925. The smallest absolute Gasteiger partial charge is 0.303 e. The molecule has 0 aliphatic carbocycles. The summed E-state index contributed by atoms with van der Waals surface area (Å²) in [6.07, 6.45) is 0.364. The molecule has 0 heterocycles. The zero-order valence-corrected chi connectivity index (χ0v) is 14.3. The predicted molar refractivity (Wildman–Crippen MR) is 93.8 cm³/mol. The van der Waals surface area contributed by atoms with Crippen LogP contribution in [-0.4, -0.2) is 41.8 Å². The first kappa shape index (κ1) is 21.1. The van der Waals surface area contributed by atoms with Gasteiger partial charge >= 0.3 is 11.9 Å². The van der Waals surface area contributed by atoms with E-state index >= 15 is 0 Å². The molecule has 7 nitrogen and oxygen atoms in total. The lowest BCUT2D eigenvalue weighted by Gasteiger charge is -2.28. The van der Waals surface area contributed by atoms with Crippen molar-refractivity contribution in [1.29, 1.82) is 0 Å². The SMILES string of the molecule is NCC(CC(=O)O)CC(COCc1ccccc1)C(CN)CC(=O)O. The largest absolute Gasteiger partial charge is 0.481 e. The lowest BCUT2D eigenvalue weighted by atomic mass is 9.82. The lowest BCUT2D eigenvalue weighted by Crippen LogP contribution is -2.32. The Bertz CT molecular complexity index is 523. The van der Waals surface area contributed by atoms with Crippen LogP contribution in [0, 0.1) is 17.8 Å². The van der Waals surface area contributed by atoms with Crippen LogP contribution in [0.2, 0.25) is 0 Å². The molecule has 0 fully saturated rings. The predicted octanol–water partition coefficient (Wildman–Crippen LogP) is 1.31. The number of rotatable bonds is 13. The van der Waals surface area contributed by atoms with Crippen molar-refractivity contribution >= 4 is 11.9 Å². The van der Waals surface area contributed by atoms with Crippen molar-refractivity contribution < 1.29 is 24.5 Å². The van der Waals surface area contributed by atoms with Crippen LogP contribution in [0.3, 0.4) is 0 Å². The second kappa shape index (κ2) is 11.6. The van der Waals surface area contributed by atoms with Gasteiger partial charge in [0.1, 0.15) is 0 Å². The maximum absolute atomic E-state index is 11.1. The Balaban J connectivity index is 2.71. The third-order valence-corrected chi connectivity index (χ3v) is 4.28. The number of carboxylic acid groups (broad SMARTS) is 2. The molecule has 3 unspecified atom stereocenters. The number of carbonyl (C=O) groups is 2. The van der Waals surface area contributed by atoms with Gasteiger partial charge in [0.05, 0.1) is 13.2 Å². The molecule has 0 saturated heterocycles. The Labute approximate surface area is 148 Å². The topological polar surface area (TPSA) is 136 Å². The molecular formula is C18H28N2O5. The molecule has 0 aliphatic heterocycles. The lowest BCUT2D eigenvalue weighted by molar-refractivity contribution is -0.140. The van der Waals surface area contributed by atoms with E-state index in [0.29, 0.717) is 19.6 Å². The summed E-state index contributed by atoms with van der Waals surface area (Å²) in [5.74, 6) is -2.51. The van der Waals surface area contributed by atoms with Gasteiger partial charge < -0.3 is 26.4 Å². The molecule has 140 valence electrons. The minimum absolute atomic E-state index is 0.0456. The molecule has 1 aromatic carbocycles. The normalized spacial score (nSPS) is 14.6. The van der Waals surface area contributed by atoms with E-state index in [1.165, 1.54) is 0 Å². The zero-order valence-electron chi connectivity index (χ0n) is 14.3. The van der Waals surface area contributed by atoms with Gasteiger partial charge in [-0.15, -0.1) is 0 Å². The third-order valence-electron chi connectivity index (χ3n) is 4.28. The van der Waals surface area contributed by atoms with Gasteiger partial charge in [0, 0.05) is 12.8 Å². The van der Waals surface area contributed by atoms with Gasteiger partial charge in [0.25, 0.3) is 0 Å². The summed E-state index contributed by atoms with van der Waals surface area (Å²) >= 11 is 0. The van der Waals surface area contributed by atoms with E-state index in [0.717, 1.165) is 5.56 Å². The van der Waals surface area contributed by atoms with Crippen molar-refractivity contribution in [3.63, 3.8) is 0 Å². The fourth-order valence-corrected chi connectivity index (χ4v) is 2.90. The summed E-state index contributed by atoms with van der Waals surface area (Å²) in [5.41, 5.74) is 12.5. The third kappa shape index (κ3) is 8.62. The fraction of sp³-hybridized carbons (Fsp3) is 0.556. The molecule has 1 rings (SSSR count). The average Bonchev–Trinajstić information content (AvgIpc) is 2.58. The summed E-state index contributed by atoms with van der Waals surface area (Å²) < 4.78 is 5.76. The van der Waals surface area contributed by atoms with E-state index in [9.17, 15) is 9.59 Å². The minimum Gasteiger partial charge on any atom is -0.481 e. The van der Waals surface area contributed by atoms with Crippen LogP contribution in [0.1, 0.15) is 24.8 Å². The molecule has 0 bridgehead atoms. The molecule has 6 N–H and O–H groups in total. The molecule has 1 aromatic rings. The monoisotopic (exact) mass is 352 g/mol. The maximum Gasteiger partial charge on any atom is 0.303 e. The highest BCUT2D eigenvalue weighted by atomic mass is 16.5. The first-order chi connectivity index (χ1) is 12.0. The number of carboxylic acids is 2. The number of hydrogen-bond acceptors (Lipinski definition) is 5. The van der Waals surface area contributed by atoms with E-state index in [1.54, 1.807) is 0 Å². The van der Waals surface area contributed by atoms with E-state index in [2.05, 4.69) is 0 Å². The van der Waals surface area contributed by atoms with Crippen molar-refractivity contribution in [2.24, 2.45) is 29.2 Å². The number of nitrogens with two attached hydrogens (primary N) is 2. The Morgan fingerprint density at radius 1 is 0.960 bits per heavy atom. The van der Waals surface area contributed by atoms with Crippen molar-refractivity contribution in [3.05, 3.63) is 35.9 Å². The summed E-state index contributed by atoms with van der Waals surface area (Å²) in [6.45, 7) is 1.16.